The summed E-state index contributed by atoms with van der Waals surface area (Å²) >= 11 is -0.472. The topological polar surface area (TPSA) is 142 Å². The Morgan fingerprint density at radius 1 is 0.657 bits per heavy atom. The van der Waals surface area contributed by atoms with Crippen molar-refractivity contribution in [2.75, 3.05) is 0 Å². The molecule has 2 unspecified atom stereocenters. The molecule has 0 saturated carbocycles. The number of halogens is 2. The molecule has 202 valence electrons. The molecule has 0 bridgehead atoms. The van der Waals surface area contributed by atoms with Crippen molar-refractivity contribution >= 4 is 30.8 Å². The molecular formula is C26H40Cl2N2O4Pt. The van der Waals surface area contributed by atoms with E-state index in [9.17, 15) is 9.59 Å². The molecule has 0 aliphatic rings. The summed E-state index contributed by atoms with van der Waals surface area (Å²) in [6.45, 7) is 12.1. The summed E-state index contributed by atoms with van der Waals surface area (Å²) in [6.07, 6.45) is 2.09. The number of carboxylic acids is 2. The first-order valence-electron chi connectivity index (χ1n) is 10.9. The van der Waals surface area contributed by atoms with Gasteiger partial charge >= 0.3 is 47.3 Å². The summed E-state index contributed by atoms with van der Waals surface area (Å²) in [5.41, 5.74) is 4.28. The Balaban J connectivity index is -0.000000500. The van der Waals surface area contributed by atoms with Gasteiger partial charge in [0.2, 0.25) is 0 Å². The number of rotatable bonds is 8. The molecule has 0 amide bonds. The van der Waals surface area contributed by atoms with Gasteiger partial charge in [0.25, 0.3) is 0 Å². The SMILES string of the molecule is CC(C)Cc1ccc(C(C)C(=O)O)cc1.CC(C)Cc1ccc(C(C)C(=O)O)cc1.[Cl][Pt+2][Cl].[NH2-].[NH2-]. The van der Waals surface area contributed by atoms with E-state index in [1.165, 1.54) is 11.1 Å². The third kappa shape index (κ3) is 16.8. The van der Waals surface area contributed by atoms with Gasteiger partial charge < -0.3 is 22.5 Å². The summed E-state index contributed by atoms with van der Waals surface area (Å²) in [5.74, 6) is -1.12. The van der Waals surface area contributed by atoms with Gasteiger partial charge in [0.15, 0.2) is 0 Å². The van der Waals surface area contributed by atoms with E-state index in [1.807, 2.05) is 48.5 Å². The maximum atomic E-state index is 10.8. The van der Waals surface area contributed by atoms with Gasteiger partial charge in [-0.05, 0) is 60.8 Å². The fourth-order valence-corrected chi connectivity index (χ4v) is 3.11. The number of carboxylic acid groups (broad SMARTS) is 2. The molecule has 0 radical (unpaired) electrons. The van der Waals surface area contributed by atoms with Gasteiger partial charge in [-0.1, -0.05) is 76.2 Å². The molecular weight excluding hydrogens is 670 g/mol. The fourth-order valence-electron chi connectivity index (χ4n) is 3.11. The Hall–Kier alpha value is -1.43. The Morgan fingerprint density at radius 2 is 0.886 bits per heavy atom. The van der Waals surface area contributed by atoms with Crippen LogP contribution in [0, 0.1) is 11.8 Å². The van der Waals surface area contributed by atoms with Crippen molar-refractivity contribution in [3.05, 3.63) is 83.1 Å². The zero-order chi connectivity index (χ0) is 25.6. The molecule has 35 heavy (non-hydrogen) atoms. The average Bonchev–Trinajstić information content (AvgIpc) is 2.74. The second-order valence-electron chi connectivity index (χ2n) is 8.84. The van der Waals surface area contributed by atoms with E-state index in [4.69, 9.17) is 29.0 Å². The number of hydrogen-bond donors (Lipinski definition) is 2. The van der Waals surface area contributed by atoms with Crippen LogP contribution in [0.5, 0.6) is 0 Å². The maximum Gasteiger partial charge on any atom is -0.693 e. The van der Waals surface area contributed by atoms with Gasteiger partial charge in [-0.15, -0.1) is 0 Å². The van der Waals surface area contributed by atoms with E-state index in [-0.39, 0.29) is 12.3 Å². The summed E-state index contributed by atoms with van der Waals surface area (Å²) < 4.78 is 0. The quantitative estimate of drug-likeness (QED) is 0.282. The van der Waals surface area contributed by atoms with Crippen LogP contribution in [0.2, 0.25) is 0 Å². The molecule has 9 heteroatoms. The first-order valence-corrected chi connectivity index (χ1v) is 16.5. The van der Waals surface area contributed by atoms with Crippen molar-refractivity contribution in [2.45, 2.75) is 66.2 Å². The summed E-state index contributed by atoms with van der Waals surface area (Å²) in [4.78, 5) is 21.5. The van der Waals surface area contributed by atoms with Crippen LogP contribution in [0.1, 0.15) is 75.6 Å². The molecule has 0 aliphatic carbocycles. The molecule has 0 spiro atoms. The largest absolute Gasteiger partial charge is 0.693 e. The van der Waals surface area contributed by atoms with Crippen LogP contribution >= 0.6 is 18.8 Å². The zero-order valence-electron chi connectivity index (χ0n) is 21.3. The van der Waals surface area contributed by atoms with E-state index < -0.39 is 40.3 Å². The summed E-state index contributed by atoms with van der Waals surface area (Å²) in [5, 5.41) is 17.7. The van der Waals surface area contributed by atoms with Crippen molar-refractivity contribution in [1.82, 2.24) is 0 Å². The van der Waals surface area contributed by atoms with Gasteiger partial charge in [-0.25, -0.2) is 0 Å². The molecule has 0 fully saturated rings. The molecule has 6 N–H and O–H groups in total. The Bertz CT molecular complexity index is 763. The second-order valence-corrected chi connectivity index (χ2v) is 12.1. The van der Waals surface area contributed by atoms with Crippen LogP contribution < -0.4 is 0 Å². The fraction of sp³-hybridized carbons (Fsp3) is 0.462. The van der Waals surface area contributed by atoms with Crippen LogP contribution in [-0.2, 0) is 38.9 Å². The van der Waals surface area contributed by atoms with Crippen molar-refractivity contribution in [1.29, 1.82) is 0 Å². The van der Waals surface area contributed by atoms with Crippen molar-refractivity contribution < 1.29 is 36.3 Å². The molecule has 2 rings (SSSR count). The second kappa shape index (κ2) is 20.7. The molecule has 0 heterocycles. The van der Waals surface area contributed by atoms with Crippen LogP contribution in [-0.4, -0.2) is 22.2 Å². The minimum atomic E-state index is -0.772. The Kier molecular flexibility index (Phi) is 22.6. The standard InChI is InChI=1S/2C13H18O2.2ClH.2H2N.Pt/c2*1-9(2)8-11-4-6-12(7-5-11)10(3)13(14)15;;;;;/h2*4-7,9-10H,8H2,1-3H3,(H,14,15);2*1H;2*1H2;/q;;;;2*-1;+4/p-2. The van der Waals surface area contributed by atoms with E-state index >= 15 is 0 Å². The van der Waals surface area contributed by atoms with Gasteiger partial charge in [0, 0.05) is 0 Å². The van der Waals surface area contributed by atoms with Gasteiger partial charge in [-0.2, -0.15) is 0 Å². The third-order valence-corrected chi connectivity index (χ3v) is 4.99. The Labute approximate surface area is 227 Å². The monoisotopic (exact) mass is 709 g/mol. The molecule has 0 aromatic heterocycles. The number of hydrogen-bond acceptors (Lipinski definition) is 2. The van der Waals surface area contributed by atoms with Gasteiger partial charge in [0.05, 0.1) is 11.8 Å². The number of nitrogens with two attached hydrogens (primary N) is 2. The molecule has 2 atom stereocenters. The molecule has 0 saturated heterocycles. The first-order chi connectivity index (χ1) is 15.4. The summed E-state index contributed by atoms with van der Waals surface area (Å²) in [6, 6.07) is 15.7. The van der Waals surface area contributed by atoms with Gasteiger partial charge in [0.1, 0.15) is 0 Å². The molecule has 2 aromatic rings. The van der Waals surface area contributed by atoms with Crippen LogP contribution in [0.15, 0.2) is 48.5 Å². The number of benzene rings is 2. The van der Waals surface area contributed by atoms with Crippen molar-refractivity contribution in [2.24, 2.45) is 11.8 Å². The first kappa shape index (κ1) is 38.1. The number of carbonyl (C=O) groups is 2. The van der Waals surface area contributed by atoms with Crippen LogP contribution in [0.4, 0.5) is 0 Å². The van der Waals surface area contributed by atoms with Crippen molar-refractivity contribution in [3.8, 4) is 0 Å². The summed E-state index contributed by atoms with van der Waals surface area (Å²) in [7, 11) is 9.75. The predicted octanol–water partition coefficient (Wildman–Crippen LogP) is 8.96. The van der Waals surface area contributed by atoms with Crippen molar-refractivity contribution in [3.63, 3.8) is 0 Å². The average molecular weight is 711 g/mol. The van der Waals surface area contributed by atoms with E-state index in [0.717, 1.165) is 24.0 Å². The van der Waals surface area contributed by atoms with E-state index in [0.29, 0.717) is 11.8 Å². The molecule has 6 nitrogen and oxygen atoms in total. The molecule has 0 aliphatic heterocycles. The van der Waals surface area contributed by atoms with Gasteiger partial charge in [-0.3, -0.25) is 9.59 Å². The van der Waals surface area contributed by atoms with Crippen LogP contribution in [0.25, 0.3) is 12.3 Å². The minimum Gasteiger partial charge on any atom is -0.693 e. The normalized spacial score (nSPS) is 11.6. The predicted molar refractivity (Wildman–Crippen MR) is 144 cm³/mol. The smallest absolute Gasteiger partial charge is 0.693 e. The van der Waals surface area contributed by atoms with E-state index in [2.05, 4.69) is 27.7 Å². The minimum absolute atomic E-state index is 0. The maximum absolute atomic E-state index is 10.8. The molecule has 2 aromatic carbocycles. The third-order valence-electron chi connectivity index (χ3n) is 4.99. The van der Waals surface area contributed by atoms with E-state index in [1.54, 1.807) is 13.8 Å². The zero-order valence-corrected chi connectivity index (χ0v) is 25.1. The number of aliphatic carboxylic acids is 2. The van der Waals surface area contributed by atoms with Crippen LogP contribution in [0.3, 0.4) is 0 Å². The Morgan fingerprint density at radius 3 is 1.06 bits per heavy atom.